The highest BCUT2D eigenvalue weighted by atomic mass is 15.1. The molecule has 0 N–H and O–H groups in total. The highest BCUT2D eigenvalue weighted by Gasteiger charge is 2.36. The van der Waals surface area contributed by atoms with Gasteiger partial charge in [-0.15, -0.1) is 0 Å². The summed E-state index contributed by atoms with van der Waals surface area (Å²) in [6, 6.07) is 6.11. The Balaban J connectivity index is 2.15. The molecule has 5 rings (SSSR count). The van der Waals surface area contributed by atoms with Crippen molar-refractivity contribution >= 4 is 22.1 Å². The number of pyridine rings is 2. The van der Waals surface area contributed by atoms with E-state index in [1.165, 1.54) is 5.56 Å². The molecule has 4 aromatic heterocycles. The van der Waals surface area contributed by atoms with Gasteiger partial charge in [0, 0.05) is 17.8 Å². The molecule has 106 valence electrons. The van der Waals surface area contributed by atoms with Crippen LogP contribution in [0, 0.1) is 0 Å². The lowest BCUT2D eigenvalue weighted by atomic mass is 9.78. The molecule has 0 unspecified atom stereocenters. The fourth-order valence-electron chi connectivity index (χ4n) is 3.58. The summed E-state index contributed by atoms with van der Waals surface area (Å²) in [7, 11) is 0. The van der Waals surface area contributed by atoms with E-state index >= 15 is 0 Å². The zero-order valence-electron chi connectivity index (χ0n) is 12.3. The number of nitrogens with zero attached hydrogens (tertiary/aromatic N) is 5. The minimum Gasteiger partial charge on any atom is -0.302 e. The molecule has 0 atom stereocenters. The van der Waals surface area contributed by atoms with Gasteiger partial charge in [0.1, 0.15) is 17.4 Å². The van der Waals surface area contributed by atoms with E-state index in [1.54, 1.807) is 6.33 Å². The molecule has 0 amide bonds. The zero-order valence-corrected chi connectivity index (χ0v) is 12.3. The molecule has 0 saturated carbocycles. The summed E-state index contributed by atoms with van der Waals surface area (Å²) in [5, 5.41) is 0. The molecule has 22 heavy (non-hydrogen) atoms. The van der Waals surface area contributed by atoms with Crippen molar-refractivity contribution in [2.75, 3.05) is 0 Å². The van der Waals surface area contributed by atoms with Crippen LogP contribution < -0.4 is 0 Å². The van der Waals surface area contributed by atoms with Crippen molar-refractivity contribution in [3.8, 4) is 5.69 Å². The van der Waals surface area contributed by atoms with Crippen molar-refractivity contribution in [1.82, 2.24) is 24.5 Å². The fourth-order valence-corrected chi connectivity index (χ4v) is 3.58. The molecule has 5 nitrogen and oxygen atoms in total. The van der Waals surface area contributed by atoms with Crippen molar-refractivity contribution in [3.05, 3.63) is 54.4 Å². The predicted molar refractivity (Wildman–Crippen MR) is 84.1 cm³/mol. The van der Waals surface area contributed by atoms with E-state index in [2.05, 4.69) is 50.5 Å². The molecule has 5 heterocycles. The van der Waals surface area contributed by atoms with Crippen molar-refractivity contribution in [2.45, 2.75) is 19.3 Å². The Labute approximate surface area is 126 Å². The van der Waals surface area contributed by atoms with Crippen molar-refractivity contribution in [3.63, 3.8) is 0 Å². The van der Waals surface area contributed by atoms with E-state index in [-0.39, 0.29) is 5.41 Å². The molecule has 5 heteroatoms. The third kappa shape index (κ3) is 1.20. The van der Waals surface area contributed by atoms with E-state index in [9.17, 15) is 0 Å². The Morgan fingerprint density at radius 2 is 1.86 bits per heavy atom. The predicted octanol–water partition coefficient (Wildman–Crippen LogP) is 3.00. The minimum atomic E-state index is -0.191. The van der Waals surface area contributed by atoms with Gasteiger partial charge in [-0.05, 0) is 37.6 Å². The van der Waals surface area contributed by atoms with Crippen LogP contribution in [0.5, 0.6) is 0 Å². The maximum absolute atomic E-state index is 4.59. The van der Waals surface area contributed by atoms with Crippen LogP contribution in [0.15, 0.2) is 43.1 Å². The SMILES string of the molecule is CC1(C)c2ncncc2-n2c3cccnc3c3nccc1c32. The molecular formula is C17H13N5. The van der Waals surface area contributed by atoms with E-state index in [0.29, 0.717) is 0 Å². The maximum Gasteiger partial charge on any atom is 0.115 e. The Bertz CT molecular complexity index is 1060. The van der Waals surface area contributed by atoms with Gasteiger partial charge in [0.15, 0.2) is 0 Å². The summed E-state index contributed by atoms with van der Waals surface area (Å²) >= 11 is 0. The monoisotopic (exact) mass is 287 g/mol. The van der Waals surface area contributed by atoms with Crippen LogP contribution in [0.4, 0.5) is 0 Å². The third-order valence-corrected chi connectivity index (χ3v) is 4.60. The lowest BCUT2D eigenvalue weighted by Gasteiger charge is -2.32. The first-order valence-electron chi connectivity index (χ1n) is 7.25. The zero-order chi connectivity index (χ0) is 14.9. The highest BCUT2D eigenvalue weighted by molar-refractivity contribution is 6.07. The second-order valence-corrected chi connectivity index (χ2v) is 6.14. The Kier molecular flexibility index (Phi) is 1.97. The average Bonchev–Trinajstić information content (AvgIpc) is 2.88. The molecule has 1 aliphatic rings. The summed E-state index contributed by atoms with van der Waals surface area (Å²) in [6.07, 6.45) is 7.18. The minimum absolute atomic E-state index is 0.191. The Morgan fingerprint density at radius 3 is 2.77 bits per heavy atom. The first-order valence-corrected chi connectivity index (χ1v) is 7.25. The van der Waals surface area contributed by atoms with Crippen LogP contribution in [0.3, 0.4) is 0 Å². The maximum atomic E-state index is 4.59. The van der Waals surface area contributed by atoms with Crippen LogP contribution in [0.2, 0.25) is 0 Å². The number of rotatable bonds is 0. The van der Waals surface area contributed by atoms with Gasteiger partial charge in [0.25, 0.3) is 0 Å². The Morgan fingerprint density at radius 1 is 1.00 bits per heavy atom. The van der Waals surface area contributed by atoms with E-state index < -0.39 is 0 Å². The van der Waals surface area contributed by atoms with Crippen molar-refractivity contribution in [1.29, 1.82) is 0 Å². The lowest BCUT2D eigenvalue weighted by Crippen LogP contribution is -2.28. The molecule has 0 fully saturated rings. The first-order chi connectivity index (χ1) is 10.7. The normalized spacial score (nSPS) is 15.2. The molecule has 0 bridgehead atoms. The Hall–Kier alpha value is -2.82. The molecule has 0 aromatic carbocycles. The van der Waals surface area contributed by atoms with Crippen LogP contribution in [0.25, 0.3) is 27.8 Å². The first kappa shape index (κ1) is 11.8. The van der Waals surface area contributed by atoms with E-state index in [0.717, 1.165) is 33.4 Å². The standard InChI is InChI=1S/C17H13N5/c1-17(2)10-5-7-20-14-13-11(4-3-6-19-13)22(15(10)14)12-8-18-9-21-16(12)17/h3-9H,1-2H3. The van der Waals surface area contributed by atoms with Gasteiger partial charge in [-0.25, -0.2) is 9.97 Å². The summed E-state index contributed by atoms with van der Waals surface area (Å²) < 4.78 is 2.20. The number of hydrogen-bond donors (Lipinski definition) is 0. The quantitative estimate of drug-likeness (QED) is 0.499. The number of aromatic nitrogens is 5. The molecule has 1 aliphatic heterocycles. The molecule has 0 spiro atoms. The number of hydrogen-bond acceptors (Lipinski definition) is 4. The average molecular weight is 287 g/mol. The van der Waals surface area contributed by atoms with Gasteiger partial charge in [-0.2, -0.15) is 0 Å². The van der Waals surface area contributed by atoms with Gasteiger partial charge < -0.3 is 4.57 Å². The van der Waals surface area contributed by atoms with Crippen molar-refractivity contribution < 1.29 is 0 Å². The van der Waals surface area contributed by atoms with Crippen LogP contribution >= 0.6 is 0 Å². The van der Waals surface area contributed by atoms with Gasteiger partial charge in [0.05, 0.1) is 28.6 Å². The lowest BCUT2D eigenvalue weighted by molar-refractivity contribution is 0.602. The molecule has 0 radical (unpaired) electrons. The molecule has 4 aromatic rings. The largest absolute Gasteiger partial charge is 0.302 e. The van der Waals surface area contributed by atoms with Crippen LogP contribution in [0.1, 0.15) is 25.1 Å². The highest BCUT2D eigenvalue weighted by Crippen LogP contribution is 2.44. The topological polar surface area (TPSA) is 56.5 Å². The third-order valence-electron chi connectivity index (χ3n) is 4.60. The van der Waals surface area contributed by atoms with Gasteiger partial charge >= 0.3 is 0 Å². The summed E-state index contributed by atoms with van der Waals surface area (Å²) in [6.45, 7) is 4.39. The summed E-state index contributed by atoms with van der Waals surface area (Å²) in [5.74, 6) is 0. The molecule has 0 aliphatic carbocycles. The van der Waals surface area contributed by atoms with E-state index in [4.69, 9.17) is 0 Å². The second kappa shape index (κ2) is 3.68. The van der Waals surface area contributed by atoms with Crippen LogP contribution in [-0.4, -0.2) is 24.5 Å². The van der Waals surface area contributed by atoms with E-state index in [1.807, 2.05) is 24.7 Å². The van der Waals surface area contributed by atoms with Crippen molar-refractivity contribution in [2.24, 2.45) is 0 Å². The second-order valence-electron chi connectivity index (χ2n) is 6.14. The molecular weight excluding hydrogens is 274 g/mol. The fraction of sp³-hybridized carbons (Fsp3) is 0.176. The smallest absolute Gasteiger partial charge is 0.115 e. The van der Waals surface area contributed by atoms with Gasteiger partial charge in [0.2, 0.25) is 0 Å². The molecule has 0 saturated heterocycles. The van der Waals surface area contributed by atoms with Gasteiger partial charge in [-0.1, -0.05) is 0 Å². The number of fused-ring (bicyclic) bond motifs is 5. The summed E-state index contributed by atoms with van der Waals surface area (Å²) in [4.78, 5) is 17.9. The van der Waals surface area contributed by atoms with Gasteiger partial charge in [-0.3, -0.25) is 9.97 Å². The summed E-state index contributed by atoms with van der Waals surface area (Å²) in [5.41, 5.74) is 7.10. The van der Waals surface area contributed by atoms with Crippen LogP contribution in [-0.2, 0) is 5.41 Å².